The molecule has 1 aliphatic carbocycles. The Labute approximate surface area is 264 Å². The van der Waals surface area contributed by atoms with Gasteiger partial charge in [0.2, 0.25) is 5.91 Å². The van der Waals surface area contributed by atoms with Crippen molar-refractivity contribution in [1.29, 1.82) is 0 Å². The van der Waals surface area contributed by atoms with Crippen molar-refractivity contribution in [2.24, 2.45) is 0 Å². The van der Waals surface area contributed by atoms with E-state index in [1.165, 1.54) is 6.07 Å². The summed E-state index contributed by atoms with van der Waals surface area (Å²) >= 11 is 1.55. The van der Waals surface area contributed by atoms with E-state index in [-0.39, 0.29) is 29.1 Å². The molecule has 1 aliphatic rings. The number of ether oxygens (including phenoxy) is 2. The normalized spacial score (nSPS) is 13.0. The number of carboxylic acids is 1. The number of hydrogen-bond donors (Lipinski definition) is 3. The molecule has 4 aromatic carbocycles. The van der Waals surface area contributed by atoms with Gasteiger partial charge in [0.1, 0.15) is 23.9 Å². The summed E-state index contributed by atoms with van der Waals surface area (Å²) in [5, 5.41) is 12.0. The zero-order chi connectivity index (χ0) is 32.1. The molecule has 10 nitrogen and oxygen atoms in total. The molecule has 0 atom stereocenters. The minimum atomic E-state index is -1.10. The number of hydrogen-bond acceptors (Lipinski definition) is 8. The third kappa shape index (κ3) is 9.40. The number of carbonyl (C=O) groups is 2. The number of carbonyl (C=O) groups excluding carboxylic acids is 1. The summed E-state index contributed by atoms with van der Waals surface area (Å²) in [7, 11) is 0. The van der Waals surface area contributed by atoms with Gasteiger partial charge in [-0.1, -0.05) is 49.2 Å². The number of para-hydroxylation sites is 1. The number of aromatic carboxylic acids is 1. The van der Waals surface area contributed by atoms with Gasteiger partial charge in [-0.3, -0.25) is 9.52 Å². The van der Waals surface area contributed by atoms with Crippen LogP contribution >= 0.6 is 11.9 Å². The Hall–Kier alpha value is -5.18. The third-order valence-corrected chi connectivity index (χ3v) is 8.21. The Morgan fingerprint density at radius 2 is 1.51 bits per heavy atom. The molecule has 0 aliphatic heterocycles. The summed E-state index contributed by atoms with van der Waals surface area (Å²) in [5.41, 5.74) is 1.58. The first-order valence-corrected chi connectivity index (χ1v) is 14.9. The molecule has 0 bridgehead atoms. The van der Waals surface area contributed by atoms with Crippen LogP contribution in [0.5, 0.6) is 17.2 Å². The summed E-state index contributed by atoms with van der Waals surface area (Å²) in [6.07, 6.45) is 4.44. The maximum atomic E-state index is 12.5. The fourth-order valence-electron chi connectivity index (χ4n) is 4.91. The molecule has 0 aromatic heterocycles. The van der Waals surface area contributed by atoms with Gasteiger partial charge in [0.15, 0.2) is 5.69 Å². The van der Waals surface area contributed by atoms with E-state index in [0.29, 0.717) is 23.8 Å². The van der Waals surface area contributed by atoms with Gasteiger partial charge in [-0.25, -0.2) is 9.64 Å². The van der Waals surface area contributed by atoms with Crippen LogP contribution in [0.25, 0.3) is 4.85 Å². The Balaban J connectivity index is 0.00000226. The molecular formula is C34H31N3O7S. The average Bonchev–Trinajstić information content (AvgIpc) is 3.55. The molecule has 11 heteroatoms. The van der Waals surface area contributed by atoms with Crippen LogP contribution < -0.4 is 19.5 Å². The second-order valence-electron chi connectivity index (χ2n) is 10.4. The van der Waals surface area contributed by atoms with Crippen molar-refractivity contribution in [1.82, 2.24) is 4.72 Å². The number of nitrogens with one attached hydrogen (secondary N) is 2. The Bertz CT molecular complexity index is 1630. The van der Waals surface area contributed by atoms with Gasteiger partial charge >= 0.3 is 5.97 Å². The van der Waals surface area contributed by atoms with Crippen LogP contribution in [-0.4, -0.2) is 29.1 Å². The Morgan fingerprint density at radius 1 is 0.867 bits per heavy atom. The van der Waals surface area contributed by atoms with Crippen LogP contribution in [0.2, 0.25) is 0 Å². The number of amides is 1. The lowest BCUT2D eigenvalue weighted by Gasteiger charge is -2.29. The zero-order valence-electron chi connectivity index (χ0n) is 24.2. The summed E-state index contributed by atoms with van der Waals surface area (Å²) in [4.78, 5) is 42.4. The predicted octanol–water partition coefficient (Wildman–Crippen LogP) is 7.96. The molecule has 0 saturated heterocycles. The molecule has 0 radical (unpaired) electrons. The number of rotatable bonds is 12. The quantitative estimate of drug-likeness (QED) is 0.106. The van der Waals surface area contributed by atoms with Crippen molar-refractivity contribution in [3.63, 3.8) is 0 Å². The number of nitrogens with zero attached hydrogens (tertiary/aromatic N) is 1. The molecule has 0 unspecified atom stereocenters. The molecule has 0 spiro atoms. The standard InChI is InChI=1S/C34H31N3O5S.O2/c1-35-25-7-6-8-29(22-25)43-37-34(19-4-5-20-34)23-41-26-15-17-28(18-16-26)42-27-13-11-24(12-14-27)21-32(38)36-31-10-3-2-9-30(31)33(39)40;1-2/h2-3,6-18,22,37H,4-5,19-21,23H2,(H,36,38)(H,39,40);. The average molecular weight is 626 g/mol. The van der Waals surface area contributed by atoms with Crippen LogP contribution in [-0.2, 0) is 11.2 Å². The molecule has 1 amide bonds. The van der Waals surface area contributed by atoms with Gasteiger partial charge in [0, 0.05) is 14.8 Å². The first-order valence-electron chi connectivity index (χ1n) is 14.1. The van der Waals surface area contributed by atoms with Crippen LogP contribution in [0.1, 0.15) is 41.6 Å². The molecule has 4 aromatic rings. The van der Waals surface area contributed by atoms with E-state index >= 15 is 0 Å². The lowest BCUT2D eigenvalue weighted by molar-refractivity contribution is -0.115. The first-order chi connectivity index (χ1) is 21.9. The van der Waals surface area contributed by atoms with Gasteiger partial charge in [-0.05, 0) is 91.0 Å². The fraction of sp³-hybridized carbons (Fsp3) is 0.206. The van der Waals surface area contributed by atoms with Crippen LogP contribution in [0.15, 0.2) is 102 Å². The molecule has 1 saturated carbocycles. The monoisotopic (exact) mass is 625 g/mol. The Kier molecular flexibility index (Phi) is 11.7. The summed E-state index contributed by atoms with van der Waals surface area (Å²) in [6, 6.07) is 28.6. The summed E-state index contributed by atoms with van der Waals surface area (Å²) in [6.45, 7) is 7.78. The zero-order valence-corrected chi connectivity index (χ0v) is 25.0. The number of anilines is 1. The molecule has 1 fully saturated rings. The highest BCUT2D eigenvalue weighted by atomic mass is 32.2. The van der Waals surface area contributed by atoms with E-state index in [1.54, 1.807) is 54.4 Å². The smallest absolute Gasteiger partial charge is 0.337 e. The molecule has 230 valence electrons. The maximum Gasteiger partial charge on any atom is 0.337 e. The van der Waals surface area contributed by atoms with E-state index in [1.807, 2.05) is 48.5 Å². The molecule has 0 heterocycles. The molecular weight excluding hydrogens is 594 g/mol. The highest BCUT2D eigenvalue weighted by Crippen LogP contribution is 2.35. The van der Waals surface area contributed by atoms with E-state index in [4.69, 9.17) is 26.0 Å². The van der Waals surface area contributed by atoms with Crippen molar-refractivity contribution in [3.8, 4) is 17.2 Å². The van der Waals surface area contributed by atoms with Crippen molar-refractivity contribution in [2.75, 3.05) is 11.9 Å². The highest BCUT2D eigenvalue weighted by molar-refractivity contribution is 7.97. The maximum absolute atomic E-state index is 12.5. The van der Waals surface area contributed by atoms with Gasteiger partial charge in [-0.2, -0.15) is 0 Å². The lowest BCUT2D eigenvalue weighted by atomic mass is 10.0. The molecule has 5 rings (SSSR count). The second kappa shape index (κ2) is 16.0. The van der Waals surface area contributed by atoms with E-state index < -0.39 is 5.97 Å². The van der Waals surface area contributed by atoms with E-state index in [9.17, 15) is 14.7 Å². The molecule has 3 N–H and O–H groups in total. The SMILES string of the molecule is O=O.[C-]#[N+]c1cccc(SNC2(COc3ccc(Oc4ccc(CC(=O)Nc5ccccc5C(=O)O)cc4)cc3)CCCC2)c1. The summed E-state index contributed by atoms with van der Waals surface area (Å²) in [5.74, 6) is 0.642. The fourth-order valence-corrected chi connectivity index (χ4v) is 5.83. The van der Waals surface area contributed by atoms with E-state index in [2.05, 4.69) is 14.9 Å². The molecule has 45 heavy (non-hydrogen) atoms. The second-order valence-corrected chi connectivity index (χ2v) is 11.3. The highest BCUT2D eigenvalue weighted by Gasteiger charge is 2.35. The van der Waals surface area contributed by atoms with Crippen LogP contribution in [0, 0.1) is 16.5 Å². The lowest BCUT2D eigenvalue weighted by Crippen LogP contribution is -2.44. The van der Waals surface area contributed by atoms with Gasteiger partial charge in [0.25, 0.3) is 0 Å². The largest absolute Gasteiger partial charge is 0.492 e. The van der Waals surface area contributed by atoms with Crippen molar-refractivity contribution < 1.29 is 24.2 Å². The van der Waals surface area contributed by atoms with Crippen molar-refractivity contribution >= 4 is 35.2 Å². The van der Waals surface area contributed by atoms with Gasteiger partial charge < -0.3 is 19.9 Å². The Morgan fingerprint density at radius 3 is 2.18 bits per heavy atom. The minimum Gasteiger partial charge on any atom is -0.492 e. The first kappa shape index (κ1) is 32.7. The van der Waals surface area contributed by atoms with Gasteiger partial charge in [0.05, 0.1) is 29.8 Å². The topological polar surface area (TPSA) is 135 Å². The number of benzene rings is 4. The van der Waals surface area contributed by atoms with Crippen molar-refractivity contribution in [3.05, 3.63) is 130 Å². The predicted molar refractivity (Wildman–Crippen MR) is 174 cm³/mol. The van der Waals surface area contributed by atoms with Crippen molar-refractivity contribution in [2.45, 2.75) is 42.5 Å². The number of carboxylic acid groups (broad SMARTS) is 1. The third-order valence-electron chi connectivity index (χ3n) is 7.19. The minimum absolute atomic E-state index is 0.0459. The van der Waals surface area contributed by atoms with Gasteiger partial charge in [-0.15, -0.1) is 0 Å². The van der Waals surface area contributed by atoms with Crippen LogP contribution in [0.4, 0.5) is 11.4 Å². The van der Waals surface area contributed by atoms with E-state index in [0.717, 1.165) is 41.9 Å². The van der Waals surface area contributed by atoms with Crippen LogP contribution in [0.3, 0.4) is 0 Å². The summed E-state index contributed by atoms with van der Waals surface area (Å²) < 4.78 is 15.8.